The van der Waals surface area contributed by atoms with Gasteiger partial charge in [-0.05, 0) is 61.1 Å². The predicted molar refractivity (Wildman–Crippen MR) is 188 cm³/mol. The van der Waals surface area contributed by atoms with E-state index < -0.39 is 36.3 Å². The number of benzene rings is 2. The van der Waals surface area contributed by atoms with E-state index in [2.05, 4.69) is 25.1 Å². The van der Waals surface area contributed by atoms with E-state index in [1.54, 1.807) is 18.3 Å². The smallest absolute Gasteiger partial charge is 0.475 e. The van der Waals surface area contributed by atoms with Crippen LogP contribution in [-0.2, 0) is 16.0 Å². The molecule has 2 aromatic carbocycles. The molecule has 57 heavy (non-hydrogen) atoms. The molecule has 2 bridgehead atoms. The summed E-state index contributed by atoms with van der Waals surface area (Å²) in [6.07, 6.45) is -4.49. The minimum Gasteiger partial charge on any atom is -0.475 e. The van der Waals surface area contributed by atoms with Gasteiger partial charge in [0.25, 0.3) is 0 Å². The van der Waals surface area contributed by atoms with Crippen molar-refractivity contribution in [3.05, 3.63) is 53.7 Å². The number of anilines is 1. The summed E-state index contributed by atoms with van der Waals surface area (Å²) in [4.78, 5) is 36.2. The van der Waals surface area contributed by atoms with Crippen LogP contribution in [0.3, 0.4) is 0 Å². The normalized spacial score (nSPS) is 23.1. The van der Waals surface area contributed by atoms with Crippen LogP contribution in [0.1, 0.15) is 44.6 Å². The van der Waals surface area contributed by atoms with Gasteiger partial charge in [-0.25, -0.2) is 22.8 Å². The van der Waals surface area contributed by atoms with Crippen LogP contribution < -0.4 is 15.0 Å². The third kappa shape index (κ3) is 8.80. The quantitative estimate of drug-likeness (QED) is 0.176. The van der Waals surface area contributed by atoms with E-state index >= 15 is 4.39 Å². The first-order chi connectivity index (χ1) is 26.8. The lowest BCUT2D eigenvalue weighted by Gasteiger charge is -2.34. The molecular weight excluding hydrogens is 779 g/mol. The van der Waals surface area contributed by atoms with Gasteiger partial charge in [0.05, 0.1) is 10.9 Å². The molecule has 8 rings (SSSR count). The van der Waals surface area contributed by atoms with E-state index in [0.29, 0.717) is 59.2 Å². The van der Waals surface area contributed by atoms with Crippen molar-refractivity contribution < 1.29 is 64.1 Å². The van der Waals surface area contributed by atoms with E-state index in [1.807, 2.05) is 19.1 Å². The summed E-state index contributed by atoms with van der Waals surface area (Å²) < 4.78 is 116. The van der Waals surface area contributed by atoms with Crippen molar-refractivity contribution in [1.82, 2.24) is 25.2 Å². The molecule has 4 aliphatic heterocycles. The van der Waals surface area contributed by atoms with E-state index in [0.717, 1.165) is 50.7 Å². The Morgan fingerprint density at radius 1 is 0.965 bits per heavy atom. The van der Waals surface area contributed by atoms with Gasteiger partial charge in [0.2, 0.25) is 0 Å². The molecule has 4 aromatic rings. The maximum atomic E-state index is 16.7. The second-order valence-electron chi connectivity index (χ2n) is 14.3. The zero-order valence-corrected chi connectivity index (χ0v) is 30.2. The molecule has 0 saturated carbocycles. The van der Waals surface area contributed by atoms with Gasteiger partial charge in [-0.15, -0.1) is 0 Å². The number of pyridine rings is 1. The number of hydrogen-bond donors (Lipinski definition) is 3. The Kier molecular flexibility index (Phi) is 11.8. The largest absolute Gasteiger partial charge is 0.490 e. The Balaban J connectivity index is 0.000000338. The predicted octanol–water partition coefficient (Wildman–Crippen LogP) is 6.85. The molecule has 4 fully saturated rings. The van der Waals surface area contributed by atoms with Gasteiger partial charge in [-0.3, -0.25) is 9.88 Å². The fourth-order valence-corrected chi connectivity index (χ4v) is 8.10. The van der Waals surface area contributed by atoms with Crippen LogP contribution in [0, 0.1) is 11.6 Å². The van der Waals surface area contributed by atoms with Crippen LogP contribution in [-0.4, -0.2) is 111 Å². The number of halogens is 9. The molecule has 4 saturated heterocycles. The molecule has 20 heteroatoms. The number of nitrogens with zero attached hydrogens (tertiary/aromatic N) is 5. The molecule has 11 nitrogen and oxygen atoms in total. The van der Waals surface area contributed by atoms with E-state index in [4.69, 9.17) is 29.5 Å². The molecule has 4 aliphatic rings. The second-order valence-corrected chi connectivity index (χ2v) is 14.3. The molecule has 6 heterocycles. The van der Waals surface area contributed by atoms with Gasteiger partial charge < -0.3 is 25.2 Å². The third-order valence-electron chi connectivity index (χ3n) is 10.6. The molecule has 0 aliphatic carbocycles. The number of alkyl halides is 7. The fourth-order valence-electron chi connectivity index (χ4n) is 8.10. The lowest BCUT2D eigenvalue weighted by molar-refractivity contribution is -0.193. The molecule has 4 atom stereocenters. The second kappa shape index (κ2) is 16.1. The summed E-state index contributed by atoms with van der Waals surface area (Å²) in [5, 5.41) is 19.9. The minimum absolute atomic E-state index is 0.0891. The summed E-state index contributed by atoms with van der Waals surface area (Å²) in [7, 11) is 0. The van der Waals surface area contributed by atoms with Gasteiger partial charge in [0, 0.05) is 49.9 Å². The molecular formula is C37H37F9N6O5. The SMILES string of the molecule is CCc1c(F)ccc2cccc(-c3ncc4c(N5C[C@H]6CC[C@@H](C5)N6)nc(OCC56CCCN5CC(F)C6)nc4c3F)c12.O=C(O)C(F)(F)F.O=C(O)C(F)(F)F. The van der Waals surface area contributed by atoms with Crippen molar-refractivity contribution in [2.24, 2.45) is 0 Å². The number of carboxylic acid groups (broad SMARTS) is 2. The lowest BCUT2D eigenvalue weighted by atomic mass is 9.95. The molecule has 2 aromatic heterocycles. The van der Waals surface area contributed by atoms with Crippen molar-refractivity contribution in [2.75, 3.05) is 37.7 Å². The fraction of sp³-hybridized carbons (Fsp3) is 0.486. The zero-order valence-electron chi connectivity index (χ0n) is 30.2. The van der Waals surface area contributed by atoms with E-state index in [-0.39, 0.29) is 35.2 Å². The molecule has 0 radical (unpaired) electrons. The molecule has 308 valence electrons. The maximum Gasteiger partial charge on any atom is 0.490 e. The average Bonchev–Trinajstić information content (AvgIpc) is 3.80. The van der Waals surface area contributed by atoms with E-state index in [9.17, 15) is 35.1 Å². The topological polar surface area (TPSA) is 141 Å². The van der Waals surface area contributed by atoms with Gasteiger partial charge >= 0.3 is 30.3 Å². The summed E-state index contributed by atoms with van der Waals surface area (Å²) >= 11 is 0. The Labute approximate surface area is 318 Å². The number of hydrogen-bond acceptors (Lipinski definition) is 9. The van der Waals surface area contributed by atoms with Crippen molar-refractivity contribution in [3.8, 4) is 17.3 Å². The van der Waals surface area contributed by atoms with Gasteiger partial charge in [0.15, 0.2) is 5.82 Å². The number of carbonyl (C=O) groups is 2. The Hall–Kier alpha value is -4.98. The van der Waals surface area contributed by atoms with Gasteiger partial charge in [-0.2, -0.15) is 36.3 Å². The number of aryl methyl sites for hydroxylation is 1. The van der Waals surface area contributed by atoms with Crippen LogP contribution >= 0.6 is 0 Å². The van der Waals surface area contributed by atoms with Crippen LogP contribution in [0.4, 0.5) is 45.3 Å². The first-order valence-electron chi connectivity index (χ1n) is 18.0. The van der Waals surface area contributed by atoms with Crippen LogP contribution in [0.15, 0.2) is 36.5 Å². The standard InChI is InChI=1S/C33H35F3N6O.2C2HF3O2/c1-2-23-26(35)10-7-19-5-3-6-24(27(19)23)29-28(36)30-25(14-37-29)31(41-16-21-8-9-22(17-41)38-21)40-32(39-30)43-18-33-11-4-12-42(33)15-20(34)13-33;2*3-2(4,5)1(6)7/h3,5-7,10,14,20-22,38H,2,4,8-9,11-13,15-18H2,1H3;2*(H,6,7)/t20?,21-,22+,33?;;. The highest BCUT2D eigenvalue weighted by atomic mass is 19.4. The van der Waals surface area contributed by atoms with Crippen LogP contribution in [0.5, 0.6) is 6.01 Å². The Morgan fingerprint density at radius 2 is 1.61 bits per heavy atom. The number of aromatic nitrogens is 3. The van der Waals surface area contributed by atoms with Gasteiger partial charge in [-0.1, -0.05) is 31.2 Å². The maximum absolute atomic E-state index is 16.7. The Morgan fingerprint density at radius 3 is 2.23 bits per heavy atom. The molecule has 0 spiro atoms. The van der Waals surface area contributed by atoms with Crippen molar-refractivity contribution >= 4 is 39.4 Å². The number of nitrogens with one attached hydrogen (secondary N) is 1. The number of ether oxygens (including phenoxy) is 1. The van der Waals surface area contributed by atoms with Crippen molar-refractivity contribution in [2.45, 2.75) is 81.6 Å². The minimum atomic E-state index is -5.08. The van der Waals surface area contributed by atoms with Crippen molar-refractivity contribution in [1.29, 1.82) is 0 Å². The number of fused-ring (bicyclic) bond motifs is 5. The number of aliphatic carboxylic acids is 2. The highest BCUT2D eigenvalue weighted by molar-refractivity contribution is 6.01. The third-order valence-corrected chi connectivity index (χ3v) is 10.6. The average molecular weight is 817 g/mol. The summed E-state index contributed by atoms with van der Waals surface area (Å²) in [5.74, 6) is -5.82. The highest BCUT2D eigenvalue weighted by Gasteiger charge is 2.49. The first-order valence-corrected chi connectivity index (χ1v) is 18.0. The Bertz CT molecular complexity index is 2120. The number of carboxylic acids is 2. The monoisotopic (exact) mass is 816 g/mol. The first kappa shape index (κ1) is 41.6. The van der Waals surface area contributed by atoms with Crippen LogP contribution in [0.25, 0.3) is 32.9 Å². The summed E-state index contributed by atoms with van der Waals surface area (Å²) in [6, 6.07) is 9.47. The van der Waals surface area contributed by atoms with Gasteiger partial charge in [0.1, 0.15) is 35.6 Å². The highest BCUT2D eigenvalue weighted by Crippen LogP contribution is 2.41. The van der Waals surface area contributed by atoms with E-state index in [1.165, 1.54) is 6.07 Å². The van der Waals surface area contributed by atoms with Crippen LogP contribution in [0.2, 0.25) is 0 Å². The molecule has 3 N–H and O–H groups in total. The zero-order chi connectivity index (χ0) is 41.4. The molecule has 2 unspecified atom stereocenters. The lowest BCUT2D eigenvalue weighted by Crippen LogP contribution is -2.51. The summed E-state index contributed by atoms with van der Waals surface area (Å²) in [6.45, 7) is 4.92. The summed E-state index contributed by atoms with van der Waals surface area (Å²) in [5.41, 5.74) is 0.916. The van der Waals surface area contributed by atoms with Crippen molar-refractivity contribution in [3.63, 3.8) is 0 Å². The number of piperazine rings is 1. The molecule has 0 amide bonds. The number of rotatable bonds is 6.